The zero-order chi connectivity index (χ0) is 15.4. The molecular weight excluding hydrogens is 240 g/mol. The maximum Gasteiger partial charge on any atom is 0.303 e. The van der Waals surface area contributed by atoms with E-state index in [-0.39, 0.29) is 18.3 Å². The van der Waals surface area contributed by atoms with Gasteiger partial charge in [0.05, 0.1) is 0 Å². The van der Waals surface area contributed by atoms with Gasteiger partial charge in [-0.2, -0.15) is 0 Å². The molecule has 0 amide bonds. The fraction of sp³-hybridized carbons (Fsp3) is 0.750. The van der Waals surface area contributed by atoms with Gasteiger partial charge in [-0.15, -0.1) is 0 Å². The number of aliphatic carboxylic acids is 3. The summed E-state index contributed by atoms with van der Waals surface area (Å²) >= 11 is 0. The summed E-state index contributed by atoms with van der Waals surface area (Å²) in [6, 6.07) is 0. The summed E-state index contributed by atoms with van der Waals surface area (Å²) in [5.41, 5.74) is 0.151. The van der Waals surface area contributed by atoms with E-state index in [0.717, 1.165) is 13.3 Å². The summed E-state index contributed by atoms with van der Waals surface area (Å²) in [6.45, 7) is 8.80. The molecule has 0 fully saturated rings. The highest BCUT2D eigenvalue weighted by atomic mass is 16.4. The van der Waals surface area contributed by atoms with Gasteiger partial charge in [0.25, 0.3) is 5.97 Å². The molecule has 0 aliphatic carbocycles. The normalized spacial score (nSPS) is 9.17. The molecule has 6 heteroatoms. The Morgan fingerprint density at radius 1 is 0.944 bits per heavy atom. The molecule has 0 aliphatic rings. The lowest BCUT2D eigenvalue weighted by Crippen LogP contribution is -2.07. The van der Waals surface area contributed by atoms with Crippen molar-refractivity contribution in [2.24, 2.45) is 5.41 Å². The number of hydrogen-bond donors (Lipinski definition) is 3. The van der Waals surface area contributed by atoms with Crippen LogP contribution in [0.15, 0.2) is 0 Å². The average Bonchev–Trinajstić information content (AvgIpc) is 2.13. The Bertz CT molecular complexity index is 248. The van der Waals surface area contributed by atoms with E-state index in [1.807, 2.05) is 20.8 Å². The van der Waals surface area contributed by atoms with Gasteiger partial charge in [-0.1, -0.05) is 27.7 Å². The van der Waals surface area contributed by atoms with Crippen molar-refractivity contribution in [1.82, 2.24) is 0 Å². The molecule has 0 unspecified atom stereocenters. The highest BCUT2D eigenvalue weighted by Gasteiger charge is 2.11. The van der Waals surface area contributed by atoms with Crippen molar-refractivity contribution in [3.05, 3.63) is 0 Å². The van der Waals surface area contributed by atoms with E-state index < -0.39 is 17.9 Å². The molecule has 0 spiro atoms. The lowest BCUT2D eigenvalue weighted by atomic mass is 9.91. The molecule has 0 heterocycles. The molecular formula is C12H24O6. The first-order valence-corrected chi connectivity index (χ1v) is 5.55. The van der Waals surface area contributed by atoms with Crippen LogP contribution in [0.5, 0.6) is 0 Å². The number of hydrogen-bond acceptors (Lipinski definition) is 3. The Hall–Kier alpha value is -1.59. The molecule has 0 radical (unpaired) electrons. The van der Waals surface area contributed by atoms with Gasteiger partial charge in [-0.3, -0.25) is 14.4 Å². The molecule has 3 N–H and O–H groups in total. The third-order valence-corrected chi connectivity index (χ3v) is 1.39. The lowest BCUT2D eigenvalue weighted by molar-refractivity contribution is -0.138. The Balaban J connectivity index is -0.000000212. The van der Waals surface area contributed by atoms with E-state index in [1.54, 1.807) is 6.92 Å². The van der Waals surface area contributed by atoms with Gasteiger partial charge in [0.15, 0.2) is 0 Å². The minimum Gasteiger partial charge on any atom is -0.481 e. The molecule has 0 aromatic heterocycles. The molecule has 0 bridgehead atoms. The van der Waals surface area contributed by atoms with E-state index in [2.05, 4.69) is 0 Å². The highest BCUT2D eigenvalue weighted by Crippen LogP contribution is 2.19. The van der Waals surface area contributed by atoms with Crippen LogP contribution in [0.1, 0.15) is 53.9 Å². The smallest absolute Gasteiger partial charge is 0.303 e. The topological polar surface area (TPSA) is 112 Å². The second-order valence-electron chi connectivity index (χ2n) is 4.72. The molecule has 0 aliphatic heterocycles. The molecule has 0 aromatic rings. The highest BCUT2D eigenvalue weighted by molar-refractivity contribution is 5.66. The third-order valence-electron chi connectivity index (χ3n) is 1.39. The average molecular weight is 264 g/mol. The maximum atomic E-state index is 10.0. The van der Waals surface area contributed by atoms with E-state index in [4.69, 9.17) is 20.1 Å². The minimum absolute atomic E-state index is 0.151. The monoisotopic (exact) mass is 264 g/mol. The second kappa shape index (κ2) is 11.9. The first kappa shape index (κ1) is 21.7. The summed E-state index contributed by atoms with van der Waals surface area (Å²) in [4.78, 5) is 28.4. The number of carbonyl (C=O) groups is 3. The van der Waals surface area contributed by atoms with Crippen LogP contribution in [-0.2, 0) is 14.4 Å². The van der Waals surface area contributed by atoms with Crippen molar-refractivity contribution >= 4 is 17.9 Å². The van der Waals surface area contributed by atoms with Crippen LogP contribution in [-0.4, -0.2) is 33.2 Å². The van der Waals surface area contributed by atoms with Gasteiger partial charge in [0.1, 0.15) is 0 Å². The molecule has 0 saturated carbocycles. The van der Waals surface area contributed by atoms with Crippen molar-refractivity contribution in [3.63, 3.8) is 0 Å². The zero-order valence-electron chi connectivity index (χ0n) is 11.7. The molecule has 0 rings (SSSR count). The standard InChI is InChI=1S/C7H14O2.C3H6O2.C2H4O2/c1-7(2,3)5-4-6(8)9;1-2-3(4)5;1-2(3)4/h4-5H2,1-3H3,(H,8,9);2H2,1H3,(H,4,5);1H3,(H,3,4). The van der Waals surface area contributed by atoms with Gasteiger partial charge in [0.2, 0.25) is 0 Å². The second-order valence-corrected chi connectivity index (χ2v) is 4.72. The summed E-state index contributed by atoms with van der Waals surface area (Å²) in [5.74, 6) is -2.28. The van der Waals surface area contributed by atoms with Crippen LogP contribution < -0.4 is 0 Å². The molecule has 18 heavy (non-hydrogen) atoms. The predicted molar refractivity (Wildman–Crippen MR) is 67.6 cm³/mol. The first-order valence-electron chi connectivity index (χ1n) is 5.55. The lowest BCUT2D eigenvalue weighted by Gasteiger charge is -2.15. The molecule has 0 atom stereocenters. The van der Waals surface area contributed by atoms with Gasteiger partial charge in [-0.05, 0) is 11.8 Å². The van der Waals surface area contributed by atoms with E-state index in [1.165, 1.54) is 0 Å². The Labute approximate surface area is 108 Å². The first-order chi connectivity index (χ1) is 7.92. The largest absolute Gasteiger partial charge is 0.481 e. The Kier molecular flexibility index (Phi) is 14.3. The molecule has 108 valence electrons. The predicted octanol–water partition coefficient (Wildman–Crippen LogP) is 2.47. The minimum atomic E-state index is -0.833. The molecule has 0 aromatic carbocycles. The quantitative estimate of drug-likeness (QED) is 0.721. The molecule has 0 saturated heterocycles. The van der Waals surface area contributed by atoms with Gasteiger partial charge < -0.3 is 15.3 Å². The van der Waals surface area contributed by atoms with Crippen molar-refractivity contribution in [2.45, 2.75) is 53.9 Å². The van der Waals surface area contributed by atoms with Gasteiger partial charge >= 0.3 is 11.9 Å². The van der Waals surface area contributed by atoms with Crippen LogP contribution >= 0.6 is 0 Å². The Morgan fingerprint density at radius 2 is 1.22 bits per heavy atom. The summed E-state index contributed by atoms with van der Waals surface area (Å²) < 4.78 is 0. The Morgan fingerprint density at radius 3 is 1.28 bits per heavy atom. The van der Waals surface area contributed by atoms with E-state index >= 15 is 0 Å². The summed E-state index contributed by atoms with van der Waals surface area (Å²) in [5, 5.41) is 23.4. The molecule has 6 nitrogen and oxygen atoms in total. The fourth-order valence-corrected chi connectivity index (χ4v) is 0.482. The van der Waals surface area contributed by atoms with Gasteiger partial charge in [0, 0.05) is 19.8 Å². The SMILES string of the molecule is CC(=O)O.CC(C)(C)CCC(=O)O.CCC(=O)O. The third kappa shape index (κ3) is 63.1. The van der Waals surface area contributed by atoms with Crippen molar-refractivity contribution in [1.29, 1.82) is 0 Å². The summed E-state index contributed by atoms with van der Waals surface area (Å²) in [6.07, 6.45) is 1.26. The summed E-state index contributed by atoms with van der Waals surface area (Å²) in [7, 11) is 0. The van der Waals surface area contributed by atoms with Crippen molar-refractivity contribution < 1.29 is 29.7 Å². The number of rotatable bonds is 3. The fourth-order valence-electron chi connectivity index (χ4n) is 0.482. The van der Waals surface area contributed by atoms with Crippen LogP contribution in [0.4, 0.5) is 0 Å². The van der Waals surface area contributed by atoms with Crippen LogP contribution in [0.2, 0.25) is 0 Å². The van der Waals surface area contributed by atoms with Crippen LogP contribution in [0, 0.1) is 5.41 Å². The van der Waals surface area contributed by atoms with Crippen LogP contribution in [0.3, 0.4) is 0 Å². The maximum absolute atomic E-state index is 10.0. The number of carboxylic acids is 3. The van der Waals surface area contributed by atoms with Gasteiger partial charge in [-0.25, -0.2) is 0 Å². The van der Waals surface area contributed by atoms with Crippen molar-refractivity contribution in [2.75, 3.05) is 0 Å². The van der Waals surface area contributed by atoms with E-state index in [9.17, 15) is 9.59 Å². The zero-order valence-corrected chi connectivity index (χ0v) is 11.7. The number of carboxylic acid groups (broad SMARTS) is 3. The van der Waals surface area contributed by atoms with Crippen LogP contribution in [0.25, 0.3) is 0 Å². The van der Waals surface area contributed by atoms with E-state index in [0.29, 0.717) is 0 Å². The van der Waals surface area contributed by atoms with Crippen molar-refractivity contribution in [3.8, 4) is 0 Å².